The molecule has 3 N–H and O–H groups in total. The van der Waals surface area contributed by atoms with Crippen LogP contribution >= 0.6 is 0 Å². The second-order valence-corrected chi connectivity index (χ2v) is 9.75. The highest BCUT2D eigenvalue weighted by Crippen LogP contribution is 2.70. The van der Waals surface area contributed by atoms with E-state index in [4.69, 9.17) is 0 Å². The number of hydrogen-bond donors (Lipinski definition) is 3. The second kappa shape index (κ2) is 5.83. The predicted octanol–water partition coefficient (Wildman–Crippen LogP) is 1.90. The maximum atomic E-state index is 16.9. The Hall–Kier alpha value is -1.37. The molecule has 0 heterocycles. The minimum atomic E-state index is -1.98. The Labute approximate surface area is 164 Å². The highest BCUT2D eigenvalue weighted by molar-refractivity contribution is 6.01. The molecule has 3 saturated carbocycles. The van der Waals surface area contributed by atoms with Gasteiger partial charge in [0, 0.05) is 16.7 Å². The molecule has 0 aromatic heterocycles. The Morgan fingerprint density at radius 2 is 2.00 bits per heavy atom. The van der Waals surface area contributed by atoms with E-state index in [0.717, 1.165) is 0 Å². The molecule has 0 radical (unpaired) electrons. The number of aliphatic hydroxyl groups is 3. The third-order valence-corrected chi connectivity index (χ3v) is 8.79. The summed E-state index contributed by atoms with van der Waals surface area (Å²) >= 11 is 0. The molecular weight excluding hydrogens is 363 g/mol. The first kappa shape index (κ1) is 19.9. The van der Waals surface area contributed by atoms with Gasteiger partial charge in [0.05, 0.1) is 6.10 Å². The highest BCUT2D eigenvalue weighted by atomic mass is 19.1. The molecule has 0 bridgehead atoms. The number of allylic oxidation sites excluding steroid dienone is 4. The first-order valence-electron chi connectivity index (χ1n) is 10.1. The molecule has 0 amide bonds. The van der Waals surface area contributed by atoms with E-state index in [1.54, 1.807) is 26.8 Å². The van der Waals surface area contributed by atoms with E-state index in [9.17, 15) is 24.9 Å². The number of alkyl halides is 1. The van der Waals surface area contributed by atoms with Crippen LogP contribution in [0, 0.1) is 28.6 Å². The average molecular weight is 392 g/mol. The van der Waals surface area contributed by atoms with Gasteiger partial charge >= 0.3 is 0 Å². The first-order chi connectivity index (χ1) is 13.0. The van der Waals surface area contributed by atoms with E-state index < -0.39 is 52.4 Å². The molecule has 4 aliphatic carbocycles. The summed E-state index contributed by atoms with van der Waals surface area (Å²) in [6.07, 6.45) is 4.44. The van der Waals surface area contributed by atoms with Gasteiger partial charge in [-0.3, -0.25) is 9.59 Å². The molecular formula is C22H29FO5. The van der Waals surface area contributed by atoms with E-state index in [2.05, 4.69) is 0 Å². The van der Waals surface area contributed by atoms with Crippen LogP contribution in [0.5, 0.6) is 0 Å². The Morgan fingerprint density at radius 3 is 2.64 bits per heavy atom. The Bertz CT molecular complexity index is 805. The van der Waals surface area contributed by atoms with Crippen LogP contribution in [0.15, 0.2) is 23.8 Å². The van der Waals surface area contributed by atoms with Gasteiger partial charge in [-0.2, -0.15) is 0 Å². The molecule has 4 aliphatic rings. The van der Waals surface area contributed by atoms with Crippen molar-refractivity contribution in [2.45, 2.75) is 63.8 Å². The Kier molecular flexibility index (Phi) is 4.15. The zero-order valence-electron chi connectivity index (χ0n) is 16.6. The zero-order chi connectivity index (χ0) is 20.7. The number of ketones is 2. The van der Waals surface area contributed by atoms with Crippen LogP contribution in [0.4, 0.5) is 4.39 Å². The van der Waals surface area contributed by atoms with Gasteiger partial charge in [-0.25, -0.2) is 4.39 Å². The number of fused-ring (bicyclic) bond motifs is 5. The maximum Gasteiger partial charge on any atom is 0.190 e. The van der Waals surface area contributed by atoms with Gasteiger partial charge in [-0.1, -0.05) is 25.5 Å². The van der Waals surface area contributed by atoms with E-state index >= 15 is 4.39 Å². The van der Waals surface area contributed by atoms with Gasteiger partial charge in [-0.05, 0) is 56.6 Å². The van der Waals surface area contributed by atoms with Crippen molar-refractivity contribution in [3.05, 3.63) is 23.8 Å². The molecule has 5 nitrogen and oxygen atoms in total. The van der Waals surface area contributed by atoms with E-state index in [1.807, 2.05) is 0 Å². The normalized spacial score (nSPS) is 52.5. The highest BCUT2D eigenvalue weighted by Gasteiger charge is 2.75. The van der Waals surface area contributed by atoms with Crippen molar-refractivity contribution >= 4 is 11.6 Å². The maximum absolute atomic E-state index is 16.9. The number of aliphatic hydroxyl groups excluding tert-OH is 2. The van der Waals surface area contributed by atoms with E-state index in [0.29, 0.717) is 24.8 Å². The second-order valence-electron chi connectivity index (χ2n) is 9.75. The van der Waals surface area contributed by atoms with Crippen LogP contribution in [0.1, 0.15) is 46.5 Å². The first-order valence-corrected chi connectivity index (χ1v) is 10.1. The molecule has 0 spiro atoms. The number of halogens is 1. The topological polar surface area (TPSA) is 94.8 Å². The molecule has 154 valence electrons. The van der Waals surface area contributed by atoms with Crippen molar-refractivity contribution in [2.24, 2.45) is 28.6 Å². The summed E-state index contributed by atoms with van der Waals surface area (Å²) in [7, 11) is 0. The van der Waals surface area contributed by atoms with Gasteiger partial charge in [0.25, 0.3) is 0 Å². The average Bonchev–Trinajstić information content (AvgIpc) is 2.84. The van der Waals surface area contributed by atoms with Crippen LogP contribution in [0.3, 0.4) is 0 Å². The molecule has 0 saturated heterocycles. The lowest BCUT2D eigenvalue weighted by molar-refractivity contribution is -0.219. The van der Waals surface area contributed by atoms with Gasteiger partial charge in [0.1, 0.15) is 12.2 Å². The van der Waals surface area contributed by atoms with Crippen molar-refractivity contribution < 1.29 is 29.3 Å². The van der Waals surface area contributed by atoms with Crippen LogP contribution < -0.4 is 0 Å². The zero-order valence-corrected chi connectivity index (χ0v) is 16.6. The Balaban J connectivity index is 1.84. The summed E-state index contributed by atoms with van der Waals surface area (Å²) in [6, 6.07) is 0. The largest absolute Gasteiger partial charge is 0.390 e. The summed E-state index contributed by atoms with van der Waals surface area (Å²) in [5.41, 5.74) is -5.17. The SMILES string of the molecule is C[C@H]1C[C@H]2[C@@H]3CCC4=CC(=O)C=C[C@]4(C)[C@@]3(F)C(O)C[C@]2(C)[C@@]1(O)C(=O)CO. The molecule has 28 heavy (non-hydrogen) atoms. The Morgan fingerprint density at radius 1 is 1.32 bits per heavy atom. The molecule has 0 aliphatic heterocycles. The standard InChI is InChI=1S/C22H29FO5/c1-12-8-16-15-5-4-13-9-14(25)6-7-19(13,2)21(15,23)17(26)10-20(16,3)22(12,28)18(27)11-24/h6-7,9,12,15-17,24,26,28H,4-5,8,10-11H2,1-3H3/t12-,15-,16-,17?,19-,20-,21-,22-/m0/s1. The monoisotopic (exact) mass is 392 g/mol. The fourth-order valence-electron chi connectivity index (χ4n) is 7.26. The van der Waals surface area contributed by atoms with Gasteiger partial charge < -0.3 is 15.3 Å². The predicted molar refractivity (Wildman–Crippen MR) is 99.9 cm³/mol. The molecule has 3 fully saturated rings. The summed E-state index contributed by atoms with van der Waals surface area (Å²) in [6.45, 7) is 4.48. The quantitative estimate of drug-likeness (QED) is 0.667. The third kappa shape index (κ3) is 2.01. The molecule has 0 aromatic rings. The number of Topliss-reactive ketones (excluding diaryl/α,β-unsaturated/α-hetero) is 1. The minimum absolute atomic E-state index is 0.0676. The molecule has 8 atom stereocenters. The lowest BCUT2D eigenvalue weighted by atomic mass is 9.44. The van der Waals surface area contributed by atoms with E-state index in [1.165, 1.54) is 12.2 Å². The van der Waals surface area contributed by atoms with Crippen LogP contribution in [-0.2, 0) is 9.59 Å². The molecule has 0 aromatic carbocycles. The van der Waals surface area contributed by atoms with E-state index in [-0.39, 0.29) is 18.1 Å². The fourth-order valence-corrected chi connectivity index (χ4v) is 7.26. The summed E-state index contributed by atoms with van der Waals surface area (Å²) in [5, 5.41) is 32.0. The molecule has 1 unspecified atom stereocenters. The van der Waals surface area contributed by atoms with Crippen molar-refractivity contribution in [3.8, 4) is 0 Å². The number of rotatable bonds is 2. The summed E-state index contributed by atoms with van der Waals surface area (Å²) < 4.78 is 16.9. The number of carbonyl (C=O) groups is 2. The van der Waals surface area contributed by atoms with Gasteiger partial charge in [-0.15, -0.1) is 0 Å². The number of hydrogen-bond acceptors (Lipinski definition) is 5. The van der Waals surface area contributed by atoms with Crippen molar-refractivity contribution in [3.63, 3.8) is 0 Å². The minimum Gasteiger partial charge on any atom is -0.390 e. The van der Waals surface area contributed by atoms with Crippen molar-refractivity contribution in [2.75, 3.05) is 6.61 Å². The smallest absolute Gasteiger partial charge is 0.190 e. The number of carbonyl (C=O) groups excluding carboxylic acids is 2. The molecule has 6 heteroatoms. The van der Waals surface area contributed by atoms with Crippen molar-refractivity contribution in [1.29, 1.82) is 0 Å². The summed E-state index contributed by atoms with van der Waals surface area (Å²) in [5.74, 6) is -2.12. The van der Waals surface area contributed by atoms with Crippen LogP contribution in [0.2, 0.25) is 0 Å². The van der Waals surface area contributed by atoms with Crippen LogP contribution in [-0.4, -0.2) is 50.9 Å². The fraction of sp³-hybridized carbons (Fsp3) is 0.727. The lowest BCUT2D eigenvalue weighted by Gasteiger charge is -2.62. The summed E-state index contributed by atoms with van der Waals surface area (Å²) in [4.78, 5) is 24.4. The van der Waals surface area contributed by atoms with Crippen LogP contribution in [0.25, 0.3) is 0 Å². The van der Waals surface area contributed by atoms with Gasteiger partial charge in [0.2, 0.25) is 0 Å². The van der Waals surface area contributed by atoms with Gasteiger partial charge in [0.15, 0.2) is 17.2 Å². The lowest BCUT2D eigenvalue weighted by Crippen LogP contribution is -2.69. The molecule has 4 rings (SSSR count). The van der Waals surface area contributed by atoms with Crippen molar-refractivity contribution in [1.82, 2.24) is 0 Å². The third-order valence-electron chi connectivity index (χ3n) is 8.79.